The van der Waals surface area contributed by atoms with Gasteiger partial charge in [0.1, 0.15) is 5.75 Å². The largest absolute Gasteiger partial charge is 0.497 e. The first-order chi connectivity index (χ1) is 9.90. The Kier molecular flexibility index (Phi) is 7.57. The molecule has 0 heterocycles. The van der Waals surface area contributed by atoms with Crippen molar-refractivity contribution < 1.29 is 17.9 Å². The van der Waals surface area contributed by atoms with Crippen molar-refractivity contribution in [3.63, 3.8) is 0 Å². The minimum absolute atomic E-state index is 0.196. The Hall–Kier alpha value is -1.23. The van der Waals surface area contributed by atoms with Crippen LogP contribution in [0.15, 0.2) is 24.3 Å². The average molecular weight is 303 g/mol. The molecule has 0 saturated carbocycles. The van der Waals surface area contributed by atoms with E-state index in [1.54, 1.807) is 7.11 Å². The SMILES string of the molecule is COc1ccc(CCC(C)NCCCCC(F)(F)F)cc1. The highest BCUT2D eigenvalue weighted by Gasteiger charge is 2.25. The summed E-state index contributed by atoms with van der Waals surface area (Å²) in [5.74, 6) is 0.842. The molecule has 1 atom stereocenters. The molecule has 0 spiro atoms. The highest BCUT2D eigenvalue weighted by Crippen LogP contribution is 2.21. The van der Waals surface area contributed by atoms with Crippen LogP contribution in [0.3, 0.4) is 0 Å². The molecule has 0 aliphatic rings. The molecule has 0 saturated heterocycles. The third kappa shape index (κ3) is 8.60. The third-order valence-corrected chi connectivity index (χ3v) is 3.40. The maximum absolute atomic E-state index is 12.0. The van der Waals surface area contributed by atoms with Crippen LogP contribution >= 0.6 is 0 Å². The van der Waals surface area contributed by atoms with Gasteiger partial charge in [-0.05, 0) is 56.8 Å². The summed E-state index contributed by atoms with van der Waals surface area (Å²) in [4.78, 5) is 0. The summed E-state index contributed by atoms with van der Waals surface area (Å²) >= 11 is 0. The van der Waals surface area contributed by atoms with E-state index >= 15 is 0 Å². The molecule has 0 aliphatic heterocycles. The molecule has 120 valence electrons. The van der Waals surface area contributed by atoms with Crippen LogP contribution in [0.5, 0.6) is 5.75 Å². The molecule has 0 amide bonds. The number of methoxy groups -OCH3 is 1. The van der Waals surface area contributed by atoms with Gasteiger partial charge < -0.3 is 10.1 Å². The number of aryl methyl sites for hydroxylation is 1. The summed E-state index contributed by atoms with van der Waals surface area (Å²) in [7, 11) is 1.64. The highest BCUT2D eigenvalue weighted by atomic mass is 19.4. The molecule has 21 heavy (non-hydrogen) atoms. The second-order valence-electron chi connectivity index (χ2n) is 5.31. The van der Waals surface area contributed by atoms with Crippen LogP contribution in [0.2, 0.25) is 0 Å². The summed E-state index contributed by atoms with van der Waals surface area (Å²) in [6.45, 7) is 2.70. The van der Waals surface area contributed by atoms with E-state index < -0.39 is 12.6 Å². The van der Waals surface area contributed by atoms with Crippen molar-refractivity contribution in [1.29, 1.82) is 0 Å². The van der Waals surface area contributed by atoms with Crippen molar-refractivity contribution in [3.05, 3.63) is 29.8 Å². The van der Waals surface area contributed by atoms with E-state index in [0.29, 0.717) is 19.0 Å². The molecule has 1 N–H and O–H groups in total. The summed E-state index contributed by atoms with van der Waals surface area (Å²) < 4.78 is 41.0. The molecule has 0 bridgehead atoms. The van der Waals surface area contributed by atoms with E-state index in [1.165, 1.54) is 5.56 Å². The Morgan fingerprint density at radius 3 is 2.38 bits per heavy atom. The van der Waals surface area contributed by atoms with E-state index in [4.69, 9.17) is 4.74 Å². The fraction of sp³-hybridized carbons (Fsp3) is 0.625. The van der Waals surface area contributed by atoms with Crippen molar-refractivity contribution in [2.45, 2.75) is 51.2 Å². The van der Waals surface area contributed by atoms with Crippen molar-refractivity contribution in [1.82, 2.24) is 5.32 Å². The highest BCUT2D eigenvalue weighted by molar-refractivity contribution is 5.27. The maximum atomic E-state index is 12.0. The predicted octanol–water partition coefficient (Wildman–Crippen LogP) is 4.34. The van der Waals surface area contributed by atoms with E-state index in [1.807, 2.05) is 24.3 Å². The van der Waals surface area contributed by atoms with Gasteiger partial charge in [0.2, 0.25) is 0 Å². The van der Waals surface area contributed by atoms with E-state index in [0.717, 1.165) is 18.6 Å². The summed E-state index contributed by atoms with van der Waals surface area (Å²) in [6.07, 6.45) is -2.05. The first-order valence-electron chi connectivity index (χ1n) is 7.34. The van der Waals surface area contributed by atoms with Crippen LogP contribution in [0.25, 0.3) is 0 Å². The smallest absolute Gasteiger partial charge is 0.389 e. The molecular weight excluding hydrogens is 279 g/mol. The second-order valence-corrected chi connectivity index (χ2v) is 5.31. The van der Waals surface area contributed by atoms with E-state index in [-0.39, 0.29) is 6.42 Å². The molecule has 1 rings (SSSR count). The van der Waals surface area contributed by atoms with Crippen LogP contribution in [0.1, 0.15) is 38.2 Å². The van der Waals surface area contributed by atoms with Crippen LogP contribution in [-0.4, -0.2) is 25.9 Å². The Bertz CT molecular complexity index is 390. The zero-order chi connectivity index (χ0) is 15.7. The summed E-state index contributed by atoms with van der Waals surface area (Å²) in [5, 5.41) is 3.27. The predicted molar refractivity (Wildman–Crippen MR) is 78.7 cm³/mol. The Morgan fingerprint density at radius 2 is 1.81 bits per heavy atom. The fourth-order valence-corrected chi connectivity index (χ4v) is 2.08. The van der Waals surface area contributed by atoms with Gasteiger partial charge in [0.05, 0.1) is 7.11 Å². The van der Waals surface area contributed by atoms with Gasteiger partial charge in [-0.1, -0.05) is 12.1 Å². The van der Waals surface area contributed by atoms with Gasteiger partial charge in [-0.2, -0.15) is 13.2 Å². The lowest BCUT2D eigenvalue weighted by Gasteiger charge is -2.14. The number of ether oxygens (including phenoxy) is 1. The van der Waals surface area contributed by atoms with Crippen LogP contribution in [-0.2, 0) is 6.42 Å². The van der Waals surface area contributed by atoms with Gasteiger partial charge in [0.25, 0.3) is 0 Å². The Labute approximate surface area is 124 Å². The van der Waals surface area contributed by atoms with Crippen LogP contribution in [0, 0.1) is 0 Å². The van der Waals surface area contributed by atoms with Gasteiger partial charge in [-0.3, -0.25) is 0 Å². The van der Waals surface area contributed by atoms with Crippen molar-refractivity contribution in [3.8, 4) is 5.75 Å². The number of nitrogens with one attached hydrogen (secondary N) is 1. The molecule has 5 heteroatoms. The molecule has 1 aromatic rings. The van der Waals surface area contributed by atoms with Crippen LogP contribution < -0.4 is 10.1 Å². The Balaban J connectivity index is 2.11. The lowest BCUT2D eigenvalue weighted by atomic mass is 10.1. The normalized spacial score (nSPS) is 13.2. The lowest BCUT2D eigenvalue weighted by Crippen LogP contribution is -2.27. The van der Waals surface area contributed by atoms with Gasteiger partial charge in [0.15, 0.2) is 0 Å². The maximum Gasteiger partial charge on any atom is 0.389 e. The number of benzene rings is 1. The number of halogens is 3. The average Bonchev–Trinajstić information content (AvgIpc) is 2.44. The minimum atomic E-state index is -4.03. The lowest BCUT2D eigenvalue weighted by molar-refractivity contribution is -0.135. The Morgan fingerprint density at radius 1 is 1.14 bits per heavy atom. The first kappa shape index (κ1) is 17.8. The standard InChI is InChI=1S/C16H24F3NO/c1-13(20-12-4-3-11-16(17,18)19)5-6-14-7-9-15(21-2)10-8-14/h7-10,13,20H,3-6,11-12H2,1-2H3. The fourth-order valence-electron chi connectivity index (χ4n) is 2.08. The zero-order valence-electron chi connectivity index (χ0n) is 12.7. The number of unbranched alkanes of at least 4 members (excludes halogenated alkanes) is 1. The quantitative estimate of drug-likeness (QED) is 0.685. The second kappa shape index (κ2) is 8.93. The van der Waals surface area contributed by atoms with Gasteiger partial charge in [-0.15, -0.1) is 0 Å². The molecule has 1 unspecified atom stereocenters. The zero-order valence-corrected chi connectivity index (χ0v) is 12.7. The van der Waals surface area contributed by atoms with Gasteiger partial charge in [0, 0.05) is 12.5 Å². The molecule has 0 aliphatic carbocycles. The van der Waals surface area contributed by atoms with E-state index in [9.17, 15) is 13.2 Å². The summed E-state index contributed by atoms with van der Waals surface area (Å²) in [6, 6.07) is 8.25. The number of alkyl halides is 3. The third-order valence-electron chi connectivity index (χ3n) is 3.40. The molecule has 0 fully saturated rings. The summed E-state index contributed by atoms with van der Waals surface area (Å²) in [5.41, 5.74) is 1.24. The first-order valence-corrected chi connectivity index (χ1v) is 7.34. The minimum Gasteiger partial charge on any atom is -0.497 e. The van der Waals surface area contributed by atoms with Gasteiger partial charge in [-0.25, -0.2) is 0 Å². The topological polar surface area (TPSA) is 21.3 Å². The van der Waals surface area contributed by atoms with Crippen LogP contribution in [0.4, 0.5) is 13.2 Å². The molecule has 0 radical (unpaired) electrons. The number of rotatable bonds is 9. The molecule has 1 aromatic carbocycles. The van der Waals surface area contributed by atoms with Crippen molar-refractivity contribution in [2.75, 3.05) is 13.7 Å². The molecule has 0 aromatic heterocycles. The van der Waals surface area contributed by atoms with Crippen molar-refractivity contribution >= 4 is 0 Å². The van der Waals surface area contributed by atoms with Crippen molar-refractivity contribution in [2.24, 2.45) is 0 Å². The van der Waals surface area contributed by atoms with Gasteiger partial charge >= 0.3 is 6.18 Å². The van der Waals surface area contributed by atoms with E-state index in [2.05, 4.69) is 12.2 Å². The number of hydrogen-bond acceptors (Lipinski definition) is 2. The number of hydrogen-bond donors (Lipinski definition) is 1. The molecule has 2 nitrogen and oxygen atoms in total. The monoisotopic (exact) mass is 303 g/mol. The molecular formula is C16H24F3NO.